The van der Waals surface area contributed by atoms with E-state index in [-0.39, 0.29) is 18.2 Å². The maximum absolute atomic E-state index is 14.1. The molecule has 34 heavy (non-hydrogen) atoms. The number of rotatable bonds is 3. The van der Waals surface area contributed by atoms with Gasteiger partial charge in [0, 0.05) is 36.2 Å². The number of nitriles is 1. The van der Waals surface area contributed by atoms with Crippen molar-refractivity contribution in [3.05, 3.63) is 40.1 Å². The van der Waals surface area contributed by atoms with Gasteiger partial charge in [-0.15, -0.1) is 0 Å². The van der Waals surface area contributed by atoms with Gasteiger partial charge in [-0.1, -0.05) is 6.07 Å². The molecule has 0 bridgehead atoms. The molecule has 9 heteroatoms. The fourth-order valence-corrected chi connectivity index (χ4v) is 6.60. The number of aromatic nitrogens is 2. The van der Waals surface area contributed by atoms with Crippen molar-refractivity contribution in [2.45, 2.75) is 68.9 Å². The van der Waals surface area contributed by atoms with Gasteiger partial charge in [0.05, 0.1) is 23.4 Å². The number of hydrogen-bond acceptors (Lipinski definition) is 8. The summed E-state index contributed by atoms with van der Waals surface area (Å²) in [5, 5.41) is 9.86. The molecule has 0 saturated carbocycles. The fourth-order valence-electron chi connectivity index (χ4n) is 6.60. The quantitative estimate of drug-likeness (QED) is 0.665. The maximum Gasteiger partial charge on any atom is 0.318 e. The molecule has 1 spiro atoms. The van der Waals surface area contributed by atoms with Crippen LogP contribution in [0.15, 0.2) is 12.1 Å². The van der Waals surface area contributed by atoms with Crippen molar-refractivity contribution in [3.8, 4) is 12.1 Å². The van der Waals surface area contributed by atoms with E-state index in [2.05, 4.69) is 16.0 Å². The zero-order valence-electron chi connectivity index (χ0n) is 19.1. The van der Waals surface area contributed by atoms with Crippen LogP contribution in [0.2, 0.25) is 0 Å². The van der Waals surface area contributed by atoms with Crippen molar-refractivity contribution in [1.29, 1.82) is 5.26 Å². The van der Waals surface area contributed by atoms with Gasteiger partial charge in [0.15, 0.2) is 0 Å². The zero-order valence-corrected chi connectivity index (χ0v) is 19.1. The first-order valence-corrected chi connectivity index (χ1v) is 12.1. The Morgan fingerprint density at radius 2 is 2.15 bits per heavy atom. The summed E-state index contributed by atoms with van der Waals surface area (Å²) in [5.74, 6) is 0.342. The van der Waals surface area contributed by atoms with Crippen LogP contribution >= 0.6 is 0 Å². The summed E-state index contributed by atoms with van der Waals surface area (Å²) in [6.45, 7) is 1.99. The smallest absolute Gasteiger partial charge is 0.318 e. The van der Waals surface area contributed by atoms with E-state index in [1.807, 2.05) is 6.07 Å². The highest BCUT2D eigenvalue weighted by Gasteiger charge is 2.49. The second-order valence-electron chi connectivity index (χ2n) is 10.2. The Balaban J connectivity index is 1.32. The molecule has 8 nitrogen and oxygen atoms in total. The van der Waals surface area contributed by atoms with E-state index in [1.54, 1.807) is 6.07 Å². The van der Waals surface area contributed by atoms with Crippen LogP contribution in [0.3, 0.4) is 0 Å². The third-order valence-electron chi connectivity index (χ3n) is 8.20. The second kappa shape index (κ2) is 7.79. The highest BCUT2D eigenvalue weighted by atomic mass is 19.1. The molecular weight excluding hydrogens is 435 g/mol. The van der Waals surface area contributed by atoms with Gasteiger partial charge in [-0.05, 0) is 50.3 Å². The van der Waals surface area contributed by atoms with Gasteiger partial charge in [-0.3, -0.25) is 4.90 Å². The predicted octanol–water partition coefficient (Wildman–Crippen LogP) is 2.77. The van der Waals surface area contributed by atoms with Crippen LogP contribution in [0.25, 0.3) is 0 Å². The molecule has 3 unspecified atom stereocenters. The first-order chi connectivity index (χ1) is 16.4. The minimum atomic E-state index is -0.816. The minimum Gasteiger partial charge on any atom is -0.461 e. The van der Waals surface area contributed by atoms with Crippen LogP contribution < -0.4 is 16.2 Å². The van der Waals surface area contributed by atoms with Crippen LogP contribution in [0.4, 0.5) is 15.9 Å². The molecule has 4 heterocycles. The van der Waals surface area contributed by atoms with Gasteiger partial charge in [0.25, 0.3) is 0 Å². The van der Waals surface area contributed by atoms with Crippen molar-refractivity contribution in [2.24, 2.45) is 0 Å². The van der Waals surface area contributed by atoms with Gasteiger partial charge in [-0.2, -0.15) is 15.2 Å². The molecular formula is C25H29FN6O2. The van der Waals surface area contributed by atoms with Crippen molar-refractivity contribution in [2.75, 3.05) is 31.2 Å². The molecule has 1 aliphatic carbocycles. The van der Waals surface area contributed by atoms with Gasteiger partial charge >= 0.3 is 6.01 Å². The van der Waals surface area contributed by atoms with E-state index >= 15 is 0 Å². The van der Waals surface area contributed by atoms with Crippen LogP contribution in [-0.2, 0) is 29.8 Å². The second-order valence-corrected chi connectivity index (χ2v) is 10.2. The van der Waals surface area contributed by atoms with Crippen LogP contribution in [0.1, 0.15) is 60.1 Å². The molecule has 2 aromatic rings. The lowest BCUT2D eigenvalue weighted by Gasteiger charge is -2.42. The summed E-state index contributed by atoms with van der Waals surface area (Å²) in [7, 11) is 0. The largest absolute Gasteiger partial charge is 0.461 e. The molecule has 1 aromatic carbocycles. The van der Waals surface area contributed by atoms with Crippen molar-refractivity contribution >= 4 is 11.5 Å². The number of halogens is 1. The van der Waals surface area contributed by atoms with Gasteiger partial charge < -0.3 is 20.9 Å². The molecule has 2 saturated heterocycles. The van der Waals surface area contributed by atoms with Gasteiger partial charge in [0.1, 0.15) is 30.3 Å². The summed E-state index contributed by atoms with van der Waals surface area (Å²) in [6.07, 6.45) is 4.71. The van der Waals surface area contributed by atoms with E-state index in [9.17, 15) is 9.65 Å². The Morgan fingerprint density at radius 1 is 1.26 bits per heavy atom. The predicted molar refractivity (Wildman–Crippen MR) is 124 cm³/mol. The maximum atomic E-state index is 14.1. The van der Waals surface area contributed by atoms with E-state index in [4.69, 9.17) is 25.9 Å². The number of anilines is 2. The standard InChI is InChI=1S/C25H29FN6O2/c26-16-9-24(6-2-8-32(24)12-16)14-33-23-30-20-10-25(34-13-18(20)22(29)31-23)7-1-3-15-4-5-19(28)17(11-27)21(15)25/h4-5,16H,1-3,6-10,12-14,28H2,(H2,29,30,31). The Hall–Kier alpha value is -2.96. The van der Waals surface area contributed by atoms with Crippen LogP contribution in [0, 0.1) is 11.3 Å². The minimum absolute atomic E-state index is 0.223. The normalized spacial score (nSPS) is 29.9. The summed E-state index contributed by atoms with van der Waals surface area (Å²) >= 11 is 0. The first-order valence-electron chi connectivity index (χ1n) is 12.1. The Morgan fingerprint density at radius 3 is 3.00 bits per heavy atom. The highest BCUT2D eigenvalue weighted by Crippen LogP contribution is 2.47. The van der Waals surface area contributed by atoms with Gasteiger partial charge in [0.2, 0.25) is 0 Å². The monoisotopic (exact) mass is 464 g/mol. The fraction of sp³-hybridized carbons (Fsp3) is 0.560. The molecule has 0 amide bonds. The summed E-state index contributed by atoms with van der Waals surface area (Å²) < 4.78 is 26.6. The molecule has 0 radical (unpaired) electrons. The molecule has 4 N–H and O–H groups in total. The van der Waals surface area contributed by atoms with E-state index < -0.39 is 11.8 Å². The Kier molecular flexibility index (Phi) is 4.94. The van der Waals surface area contributed by atoms with E-state index in [0.717, 1.165) is 61.0 Å². The average molecular weight is 465 g/mol. The zero-order chi connectivity index (χ0) is 23.5. The number of nitrogens with zero attached hydrogens (tertiary/aromatic N) is 4. The van der Waals surface area contributed by atoms with Crippen molar-refractivity contribution in [3.63, 3.8) is 0 Å². The molecule has 178 valence electrons. The summed E-state index contributed by atoms with van der Waals surface area (Å²) in [5.41, 5.74) is 16.0. The molecule has 4 aliphatic rings. The van der Waals surface area contributed by atoms with E-state index in [1.165, 1.54) is 0 Å². The summed E-state index contributed by atoms with van der Waals surface area (Å²) in [4.78, 5) is 11.3. The number of alkyl halides is 1. The van der Waals surface area contributed by atoms with Crippen molar-refractivity contribution in [1.82, 2.24) is 14.9 Å². The Bertz CT molecular complexity index is 1200. The molecule has 3 aliphatic heterocycles. The lowest BCUT2D eigenvalue weighted by molar-refractivity contribution is -0.0855. The summed E-state index contributed by atoms with van der Waals surface area (Å²) in [6, 6.07) is 6.32. The average Bonchev–Trinajstić information content (AvgIpc) is 3.34. The van der Waals surface area contributed by atoms with E-state index in [0.29, 0.717) is 43.1 Å². The molecule has 3 atom stereocenters. The number of aryl methyl sites for hydroxylation is 1. The molecule has 6 rings (SSSR count). The number of hydrogen-bond donors (Lipinski definition) is 2. The lowest BCUT2D eigenvalue weighted by Crippen LogP contribution is -2.44. The van der Waals surface area contributed by atoms with Gasteiger partial charge in [-0.25, -0.2) is 4.39 Å². The topological polar surface area (TPSA) is 123 Å². The number of ether oxygens (including phenoxy) is 2. The third-order valence-corrected chi connectivity index (χ3v) is 8.20. The third kappa shape index (κ3) is 3.23. The number of fused-ring (bicyclic) bond motifs is 4. The lowest BCUT2D eigenvalue weighted by atomic mass is 9.72. The number of nitrogens with two attached hydrogens (primary N) is 2. The van der Waals surface area contributed by atoms with Crippen molar-refractivity contribution < 1.29 is 13.9 Å². The number of benzene rings is 1. The number of nitrogen functional groups attached to an aromatic ring is 2. The van der Waals surface area contributed by atoms with Crippen LogP contribution in [0.5, 0.6) is 6.01 Å². The first kappa shape index (κ1) is 21.6. The SMILES string of the molecule is N#Cc1c(N)ccc2c1C1(CCC2)Cc2nc(OCC34CCCN3CC(F)C4)nc(N)c2CO1. The highest BCUT2D eigenvalue weighted by molar-refractivity contribution is 5.63. The van der Waals surface area contributed by atoms with Crippen LogP contribution in [-0.4, -0.2) is 46.3 Å². The Labute approximate surface area is 198 Å². The molecule has 2 fully saturated rings. The molecule has 1 aromatic heterocycles.